The van der Waals surface area contributed by atoms with Gasteiger partial charge in [-0.2, -0.15) is 0 Å². The molecule has 0 heterocycles. The monoisotopic (exact) mass is 174 g/mol. The Balaban J connectivity index is 2.23. The van der Waals surface area contributed by atoms with Crippen molar-refractivity contribution in [3.63, 3.8) is 0 Å². The van der Waals surface area contributed by atoms with Gasteiger partial charge in [-0.15, -0.1) is 0 Å². The van der Waals surface area contributed by atoms with E-state index in [0.717, 1.165) is 24.3 Å². The highest BCUT2D eigenvalue weighted by Gasteiger charge is 2.13. The molecule has 62 valence electrons. The van der Waals surface area contributed by atoms with Crippen LogP contribution in [0, 0.1) is 5.92 Å². The first-order valence-corrected chi connectivity index (χ1v) is 4.10. The van der Waals surface area contributed by atoms with Crippen LogP contribution in [0.2, 0.25) is 0 Å². The molecule has 0 aromatic rings. The van der Waals surface area contributed by atoms with E-state index in [4.69, 9.17) is 11.6 Å². The van der Waals surface area contributed by atoms with Gasteiger partial charge in [-0.25, -0.2) is 0 Å². The number of hydrogen-bond donors (Lipinski definition) is 0. The molecule has 1 aliphatic rings. The Hall–Kier alpha value is -0.500. The molecule has 1 aliphatic carbocycles. The first-order valence-electron chi connectivity index (χ1n) is 3.72. The maximum absolute atomic E-state index is 9.85. The number of allylic oxidation sites excluding steroid dienone is 2. The van der Waals surface area contributed by atoms with Crippen LogP contribution in [0.1, 0.15) is 19.3 Å². The second-order valence-corrected chi connectivity index (χ2v) is 3.21. The third-order valence-electron chi connectivity index (χ3n) is 1.86. The highest BCUT2D eigenvalue weighted by Crippen LogP contribution is 2.25. The van der Waals surface area contributed by atoms with Crippen LogP contribution < -0.4 is 0 Å². The average Bonchev–Trinajstić information content (AvgIpc) is 2.04. The van der Waals surface area contributed by atoms with Gasteiger partial charge >= 0.3 is 0 Å². The van der Waals surface area contributed by atoms with Crippen LogP contribution in [0.15, 0.2) is 11.1 Å². The summed E-state index contributed by atoms with van der Waals surface area (Å²) in [7, 11) is 0. The molecule has 0 N–H and O–H groups in total. The second kappa shape index (κ2) is 4.39. The molecule has 11 heavy (non-hydrogen) atoms. The number of halogens is 1. The summed E-state index contributed by atoms with van der Waals surface area (Å²) in [4.78, 5) is 9.85. The van der Waals surface area contributed by atoms with Crippen molar-refractivity contribution in [1.29, 1.82) is 0 Å². The predicted octanol–water partition coefficient (Wildman–Crippen LogP) is 2.08. The van der Waals surface area contributed by atoms with Crippen molar-refractivity contribution in [3.05, 3.63) is 11.1 Å². The van der Waals surface area contributed by atoms with Crippen molar-refractivity contribution in [1.82, 2.24) is 0 Å². The van der Waals surface area contributed by atoms with Crippen LogP contribution in [0.4, 0.5) is 0 Å². The molecule has 0 aliphatic heterocycles. The first-order chi connectivity index (χ1) is 5.33. The maximum Gasteiger partial charge on any atom is 0.293 e. The van der Waals surface area contributed by atoms with E-state index in [1.54, 1.807) is 0 Å². The van der Waals surface area contributed by atoms with Crippen LogP contribution in [-0.4, -0.2) is 13.1 Å². The summed E-state index contributed by atoms with van der Waals surface area (Å²) in [5, 5.41) is 0.937. The van der Waals surface area contributed by atoms with E-state index in [1.165, 1.54) is 0 Å². The van der Waals surface area contributed by atoms with E-state index in [-0.39, 0.29) is 0 Å². The predicted molar refractivity (Wildman–Crippen MR) is 43.3 cm³/mol. The summed E-state index contributed by atoms with van der Waals surface area (Å²) < 4.78 is 4.66. The molecule has 1 unspecified atom stereocenters. The summed E-state index contributed by atoms with van der Waals surface area (Å²) in [5.41, 5.74) is 0. The summed E-state index contributed by atoms with van der Waals surface area (Å²) in [6.45, 7) is 1.03. The molecule has 0 aromatic heterocycles. The zero-order valence-corrected chi connectivity index (χ0v) is 7.01. The molecule has 0 radical (unpaired) electrons. The van der Waals surface area contributed by atoms with Gasteiger partial charge in [0.15, 0.2) is 0 Å². The largest absolute Gasteiger partial charge is 0.468 e. The molecular formula is C8H11ClO2. The Bertz CT molecular complexity index is 165. The van der Waals surface area contributed by atoms with Gasteiger partial charge in [-0.3, -0.25) is 4.79 Å². The molecule has 1 atom stereocenters. The lowest BCUT2D eigenvalue weighted by Crippen LogP contribution is -2.11. The van der Waals surface area contributed by atoms with Gasteiger partial charge < -0.3 is 4.74 Å². The fourth-order valence-electron chi connectivity index (χ4n) is 1.18. The lowest BCUT2D eigenvalue weighted by Gasteiger charge is -2.17. The molecule has 0 spiro atoms. The third-order valence-corrected chi connectivity index (χ3v) is 2.21. The van der Waals surface area contributed by atoms with Gasteiger partial charge in [0.25, 0.3) is 6.47 Å². The maximum atomic E-state index is 9.85. The Morgan fingerprint density at radius 1 is 1.82 bits per heavy atom. The summed E-state index contributed by atoms with van der Waals surface area (Å²) in [6.07, 6.45) is 4.90. The molecule has 0 fully saturated rings. The van der Waals surface area contributed by atoms with Gasteiger partial charge in [-0.05, 0) is 25.2 Å². The van der Waals surface area contributed by atoms with Crippen molar-refractivity contribution >= 4 is 18.1 Å². The lowest BCUT2D eigenvalue weighted by molar-refractivity contribution is -0.130. The smallest absolute Gasteiger partial charge is 0.293 e. The zero-order valence-electron chi connectivity index (χ0n) is 6.25. The van der Waals surface area contributed by atoms with Gasteiger partial charge in [-0.1, -0.05) is 17.7 Å². The quantitative estimate of drug-likeness (QED) is 0.613. The van der Waals surface area contributed by atoms with E-state index in [2.05, 4.69) is 4.74 Å². The fraction of sp³-hybridized carbons (Fsp3) is 0.625. The minimum absolute atomic E-state index is 0.475. The highest BCUT2D eigenvalue weighted by molar-refractivity contribution is 6.29. The average molecular weight is 175 g/mol. The Labute approximate surface area is 71.2 Å². The van der Waals surface area contributed by atoms with E-state index in [0.29, 0.717) is 19.0 Å². The van der Waals surface area contributed by atoms with E-state index in [9.17, 15) is 4.79 Å². The van der Waals surface area contributed by atoms with Crippen molar-refractivity contribution in [2.24, 2.45) is 5.92 Å². The number of rotatable bonds is 3. The topological polar surface area (TPSA) is 26.3 Å². The molecule has 1 rings (SSSR count). The Kier molecular flexibility index (Phi) is 3.43. The minimum Gasteiger partial charge on any atom is -0.468 e. The second-order valence-electron chi connectivity index (χ2n) is 2.72. The van der Waals surface area contributed by atoms with Crippen LogP contribution >= 0.6 is 11.6 Å². The molecular weight excluding hydrogens is 164 g/mol. The Morgan fingerprint density at radius 3 is 3.18 bits per heavy atom. The molecule has 0 saturated carbocycles. The standard InChI is InChI=1S/C8H11ClO2/c9-8-3-1-7(2-4-8)5-11-6-10/h3,6-7H,1-2,4-5H2. The summed E-state index contributed by atoms with van der Waals surface area (Å²) in [6, 6.07) is 0. The molecule has 3 heteroatoms. The van der Waals surface area contributed by atoms with Crippen molar-refractivity contribution in [2.45, 2.75) is 19.3 Å². The number of carbonyl (C=O) groups is 1. The normalized spacial score (nSPS) is 24.1. The van der Waals surface area contributed by atoms with Gasteiger partial charge in [0.2, 0.25) is 0 Å². The lowest BCUT2D eigenvalue weighted by atomic mass is 9.95. The van der Waals surface area contributed by atoms with Crippen LogP contribution in [0.5, 0.6) is 0 Å². The van der Waals surface area contributed by atoms with Crippen molar-refractivity contribution in [3.8, 4) is 0 Å². The molecule has 0 amide bonds. The minimum atomic E-state index is 0.475. The number of ether oxygens (including phenoxy) is 1. The van der Waals surface area contributed by atoms with E-state index in [1.807, 2.05) is 6.08 Å². The summed E-state index contributed by atoms with van der Waals surface area (Å²) in [5.74, 6) is 0.475. The Morgan fingerprint density at radius 2 is 2.64 bits per heavy atom. The van der Waals surface area contributed by atoms with Crippen LogP contribution in [0.25, 0.3) is 0 Å². The molecule has 0 bridgehead atoms. The van der Waals surface area contributed by atoms with E-state index >= 15 is 0 Å². The van der Waals surface area contributed by atoms with Crippen molar-refractivity contribution in [2.75, 3.05) is 6.61 Å². The fourth-order valence-corrected chi connectivity index (χ4v) is 1.38. The summed E-state index contributed by atoms with van der Waals surface area (Å²) >= 11 is 5.77. The van der Waals surface area contributed by atoms with Gasteiger partial charge in [0, 0.05) is 5.03 Å². The SMILES string of the molecule is O=COCC1CC=C(Cl)CC1. The molecule has 0 saturated heterocycles. The molecule has 0 aromatic carbocycles. The first kappa shape index (κ1) is 8.60. The molecule has 2 nitrogen and oxygen atoms in total. The number of hydrogen-bond acceptors (Lipinski definition) is 2. The van der Waals surface area contributed by atoms with Gasteiger partial charge in [0.05, 0.1) is 6.61 Å². The third kappa shape index (κ3) is 2.93. The van der Waals surface area contributed by atoms with Crippen LogP contribution in [-0.2, 0) is 9.53 Å². The van der Waals surface area contributed by atoms with Gasteiger partial charge in [0.1, 0.15) is 0 Å². The van der Waals surface area contributed by atoms with Crippen molar-refractivity contribution < 1.29 is 9.53 Å². The van der Waals surface area contributed by atoms with E-state index < -0.39 is 0 Å². The zero-order chi connectivity index (χ0) is 8.10. The highest BCUT2D eigenvalue weighted by atomic mass is 35.5. The van der Waals surface area contributed by atoms with Crippen LogP contribution in [0.3, 0.4) is 0 Å². The number of carbonyl (C=O) groups excluding carboxylic acids is 1.